The minimum absolute atomic E-state index is 0.0554. The molecule has 7 nitrogen and oxygen atoms in total. The number of piperidine rings is 1. The molecule has 2 saturated heterocycles. The molecule has 2 heterocycles. The van der Waals surface area contributed by atoms with Gasteiger partial charge in [-0.2, -0.15) is 0 Å². The maximum atomic E-state index is 12.3. The monoisotopic (exact) mass is 345 g/mol. The van der Waals surface area contributed by atoms with Crippen LogP contribution in [0.2, 0.25) is 0 Å². The predicted octanol–water partition coefficient (Wildman–Crippen LogP) is 0.319. The van der Waals surface area contributed by atoms with Crippen LogP contribution in [0.25, 0.3) is 0 Å². The van der Waals surface area contributed by atoms with Crippen LogP contribution in [0.4, 0.5) is 0 Å². The minimum Gasteiger partial charge on any atom is -0.343 e. The van der Waals surface area contributed by atoms with Gasteiger partial charge in [-0.15, -0.1) is 0 Å². The summed E-state index contributed by atoms with van der Waals surface area (Å²) in [5.74, 6) is 0.214. The lowest BCUT2D eigenvalue weighted by atomic mass is 10.1. The Morgan fingerprint density at radius 1 is 1.17 bits per heavy atom. The highest BCUT2D eigenvalue weighted by atomic mass is 32.2. The zero-order chi connectivity index (χ0) is 16.9. The number of likely N-dealkylation sites (tertiary alicyclic amines) is 2. The second-order valence-corrected chi connectivity index (χ2v) is 8.27. The van der Waals surface area contributed by atoms with E-state index in [0.717, 1.165) is 32.1 Å². The number of hydrogen-bond donors (Lipinski definition) is 1. The van der Waals surface area contributed by atoms with Gasteiger partial charge in [0.15, 0.2) is 0 Å². The fraction of sp³-hybridized carbons (Fsp3) is 0.867. The fourth-order valence-electron chi connectivity index (χ4n) is 3.21. The van der Waals surface area contributed by atoms with Crippen molar-refractivity contribution >= 4 is 21.8 Å². The number of rotatable bonds is 5. The summed E-state index contributed by atoms with van der Waals surface area (Å²) in [6.07, 6.45) is 6.43. The van der Waals surface area contributed by atoms with Crippen molar-refractivity contribution in [2.24, 2.45) is 0 Å². The Bertz CT molecular complexity index is 527. The van der Waals surface area contributed by atoms with E-state index in [9.17, 15) is 18.0 Å². The molecule has 8 heteroatoms. The van der Waals surface area contributed by atoms with Crippen molar-refractivity contribution in [3.63, 3.8) is 0 Å². The molecule has 0 unspecified atom stereocenters. The molecule has 0 atom stereocenters. The Balaban J connectivity index is 1.73. The van der Waals surface area contributed by atoms with E-state index in [1.54, 1.807) is 4.90 Å². The van der Waals surface area contributed by atoms with Gasteiger partial charge in [0.2, 0.25) is 21.8 Å². The highest BCUT2D eigenvalue weighted by Crippen LogP contribution is 2.14. The minimum atomic E-state index is -3.19. The average molecular weight is 345 g/mol. The number of nitrogens with one attached hydrogen (secondary N) is 1. The van der Waals surface area contributed by atoms with Gasteiger partial charge < -0.3 is 9.80 Å². The van der Waals surface area contributed by atoms with E-state index < -0.39 is 10.0 Å². The first-order valence-electron chi connectivity index (χ1n) is 8.38. The molecule has 0 spiro atoms. The van der Waals surface area contributed by atoms with Gasteiger partial charge >= 0.3 is 0 Å². The van der Waals surface area contributed by atoms with Crippen LogP contribution in [0.3, 0.4) is 0 Å². The predicted molar refractivity (Wildman–Crippen MR) is 87.2 cm³/mol. The molecule has 0 aromatic heterocycles. The van der Waals surface area contributed by atoms with Crippen LogP contribution < -0.4 is 4.72 Å². The molecule has 0 aromatic carbocycles. The summed E-state index contributed by atoms with van der Waals surface area (Å²) in [4.78, 5) is 27.8. The lowest BCUT2D eigenvalue weighted by molar-refractivity contribution is -0.134. The van der Waals surface area contributed by atoms with E-state index in [2.05, 4.69) is 4.72 Å². The van der Waals surface area contributed by atoms with Crippen molar-refractivity contribution in [2.75, 3.05) is 32.4 Å². The van der Waals surface area contributed by atoms with Crippen molar-refractivity contribution in [2.45, 2.75) is 51.0 Å². The van der Waals surface area contributed by atoms with Gasteiger partial charge in [0.25, 0.3) is 0 Å². The van der Waals surface area contributed by atoms with Crippen LogP contribution in [0.1, 0.15) is 44.9 Å². The lowest BCUT2D eigenvalue weighted by Crippen LogP contribution is -2.47. The number of hydrogen-bond acceptors (Lipinski definition) is 4. The Morgan fingerprint density at radius 3 is 2.52 bits per heavy atom. The van der Waals surface area contributed by atoms with Crippen LogP contribution in [-0.2, 0) is 19.6 Å². The van der Waals surface area contributed by atoms with E-state index >= 15 is 0 Å². The standard InChI is InChI=1S/C15H27N3O4S/c1-23(21,22)16-13-6-10-18(11-7-13)15(20)8-12-17-9-4-2-3-5-14(17)19/h13,16H,2-12H2,1H3. The Kier molecular flexibility index (Phi) is 6.41. The molecule has 0 aliphatic carbocycles. The summed E-state index contributed by atoms with van der Waals surface area (Å²) in [7, 11) is -3.19. The molecule has 0 saturated carbocycles. The molecule has 1 N–H and O–H groups in total. The Hall–Kier alpha value is -1.15. The van der Waals surface area contributed by atoms with Crippen molar-refractivity contribution < 1.29 is 18.0 Å². The molecule has 2 aliphatic rings. The Labute approximate surface area is 138 Å². The van der Waals surface area contributed by atoms with Gasteiger partial charge in [-0.1, -0.05) is 6.42 Å². The highest BCUT2D eigenvalue weighted by molar-refractivity contribution is 7.88. The van der Waals surface area contributed by atoms with Crippen LogP contribution in [0.5, 0.6) is 0 Å². The molecular formula is C15H27N3O4S. The first kappa shape index (κ1) is 18.2. The SMILES string of the molecule is CS(=O)(=O)NC1CCN(C(=O)CCN2CCCCCC2=O)CC1. The van der Waals surface area contributed by atoms with Crippen LogP contribution in [0.15, 0.2) is 0 Å². The summed E-state index contributed by atoms with van der Waals surface area (Å²) < 4.78 is 25.0. The van der Waals surface area contributed by atoms with Gasteiger partial charge in [-0.3, -0.25) is 9.59 Å². The van der Waals surface area contributed by atoms with Gasteiger partial charge in [0.05, 0.1) is 6.26 Å². The quantitative estimate of drug-likeness (QED) is 0.777. The first-order valence-corrected chi connectivity index (χ1v) is 10.3. The first-order chi connectivity index (χ1) is 10.8. The number of amides is 2. The molecule has 0 bridgehead atoms. The van der Waals surface area contributed by atoms with E-state index in [0.29, 0.717) is 45.3 Å². The fourth-order valence-corrected chi connectivity index (χ4v) is 4.05. The van der Waals surface area contributed by atoms with Gasteiger partial charge in [0.1, 0.15) is 0 Å². The molecule has 0 aromatic rings. The second-order valence-electron chi connectivity index (χ2n) is 6.49. The molecule has 23 heavy (non-hydrogen) atoms. The topological polar surface area (TPSA) is 86.8 Å². The third-order valence-electron chi connectivity index (χ3n) is 4.50. The zero-order valence-corrected chi connectivity index (χ0v) is 14.6. The van der Waals surface area contributed by atoms with Crippen molar-refractivity contribution in [1.29, 1.82) is 0 Å². The third kappa shape index (κ3) is 6.10. The van der Waals surface area contributed by atoms with Crippen LogP contribution >= 0.6 is 0 Å². The van der Waals surface area contributed by atoms with E-state index in [1.807, 2.05) is 4.90 Å². The summed E-state index contributed by atoms with van der Waals surface area (Å²) in [5, 5.41) is 0. The summed E-state index contributed by atoms with van der Waals surface area (Å²) in [6, 6.07) is -0.0822. The number of sulfonamides is 1. The second kappa shape index (κ2) is 8.10. The smallest absolute Gasteiger partial charge is 0.224 e. The molecule has 132 valence electrons. The number of nitrogens with zero attached hydrogens (tertiary/aromatic N) is 2. The summed E-state index contributed by atoms with van der Waals surface area (Å²) >= 11 is 0. The van der Waals surface area contributed by atoms with Gasteiger partial charge in [0, 0.05) is 45.1 Å². The van der Waals surface area contributed by atoms with Crippen molar-refractivity contribution in [3.8, 4) is 0 Å². The normalized spacial score (nSPS) is 21.3. The maximum absolute atomic E-state index is 12.3. The third-order valence-corrected chi connectivity index (χ3v) is 5.26. The van der Waals surface area contributed by atoms with Crippen molar-refractivity contribution in [1.82, 2.24) is 14.5 Å². The largest absolute Gasteiger partial charge is 0.343 e. The van der Waals surface area contributed by atoms with Crippen molar-refractivity contribution in [3.05, 3.63) is 0 Å². The molecule has 2 fully saturated rings. The summed E-state index contributed by atoms with van der Waals surface area (Å²) in [5.41, 5.74) is 0. The zero-order valence-electron chi connectivity index (χ0n) is 13.8. The number of carbonyl (C=O) groups is 2. The molecule has 2 rings (SSSR count). The molecule has 2 amide bonds. The lowest BCUT2D eigenvalue weighted by Gasteiger charge is -2.32. The maximum Gasteiger partial charge on any atom is 0.224 e. The van der Waals surface area contributed by atoms with E-state index in [4.69, 9.17) is 0 Å². The summed E-state index contributed by atoms with van der Waals surface area (Å²) in [6.45, 7) is 2.39. The van der Waals surface area contributed by atoms with Crippen LogP contribution in [-0.4, -0.2) is 68.5 Å². The number of carbonyl (C=O) groups excluding carboxylic acids is 2. The molecular weight excluding hydrogens is 318 g/mol. The van der Waals surface area contributed by atoms with Gasteiger partial charge in [-0.25, -0.2) is 13.1 Å². The highest BCUT2D eigenvalue weighted by Gasteiger charge is 2.25. The Morgan fingerprint density at radius 2 is 1.87 bits per heavy atom. The van der Waals surface area contributed by atoms with E-state index in [-0.39, 0.29) is 17.9 Å². The van der Waals surface area contributed by atoms with Gasteiger partial charge in [-0.05, 0) is 25.7 Å². The average Bonchev–Trinajstić information content (AvgIpc) is 2.68. The van der Waals surface area contributed by atoms with Crippen LogP contribution in [0, 0.1) is 0 Å². The molecule has 2 aliphatic heterocycles. The van der Waals surface area contributed by atoms with E-state index in [1.165, 1.54) is 0 Å². The molecule has 0 radical (unpaired) electrons.